The van der Waals surface area contributed by atoms with Gasteiger partial charge in [0.1, 0.15) is 5.75 Å². The molecule has 0 bridgehead atoms. The first-order valence-electron chi connectivity index (χ1n) is 12.1. The van der Waals surface area contributed by atoms with Gasteiger partial charge in [-0.3, -0.25) is 9.36 Å². The summed E-state index contributed by atoms with van der Waals surface area (Å²) in [7, 11) is 1.66. The molecule has 5 heteroatoms. The van der Waals surface area contributed by atoms with E-state index in [1.807, 2.05) is 28.8 Å². The third kappa shape index (κ3) is 4.01. The highest BCUT2D eigenvalue weighted by atomic mass is 32.2. The first kappa shape index (κ1) is 22.3. The van der Waals surface area contributed by atoms with Crippen molar-refractivity contribution < 1.29 is 4.74 Å². The van der Waals surface area contributed by atoms with Gasteiger partial charge in [-0.2, -0.15) is 0 Å². The summed E-state index contributed by atoms with van der Waals surface area (Å²) in [5, 5.41) is 0.775. The fourth-order valence-electron chi connectivity index (χ4n) is 5.47. The smallest absolute Gasteiger partial charge is 0.263 e. The summed E-state index contributed by atoms with van der Waals surface area (Å²) in [4.78, 5) is 19.6. The zero-order valence-electron chi connectivity index (χ0n) is 19.8. The van der Waals surface area contributed by atoms with E-state index in [-0.39, 0.29) is 11.0 Å². The summed E-state index contributed by atoms with van der Waals surface area (Å²) < 4.78 is 7.33. The summed E-state index contributed by atoms with van der Waals surface area (Å²) in [6, 6.07) is 16.3. The molecule has 2 aliphatic carbocycles. The van der Waals surface area contributed by atoms with E-state index in [0.717, 1.165) is 64.9 Å². The van der Waals surface area contributed by atoms with E-state index in [1.165, 1.54) is 18.4 Å². The van der Waals surface area contributed by atoms with Crippen molar-refractivity contribution in [2.75, 3.05) is 12.9 Å². The van der Waals surface area contributed by atoms with Crippen LogP contribution in [-0.4, -0.2) is 22.4 Å². The number of aromatic nitrogens is 2. The van der Waals surface area contributed by atoms with Gasteiger partial charge >= 0.3 is 0 Å². The van der Waals surface area contributed by atoms with E-state index in [0.29, 0.717) is 5.92 Å². The molecule has 0 amide bonds. The van der Waals surface area contributed by atoms with Crippen LogP contribution >= 0.6 is 11.8 Å². The molecular formula is C28H32N2O2S. The van der Waals surface area contributed by atoms with Gasteiger partial charge < -0.3 is 4.74 Å². The Kier molecular flexibility index (Phi) is 6.09. The maximum Gasteiger partial charge on any atom is 0.263 e. The van der Waals surface area contributed by atoms with Gasteiger partial charge in [0.25, 0.3) is 5.56 Å². The van der Waals surface area contributed by atoms with Crippen molar-refractivity contribution in [1.82, 2.24) is 9.55 Å². The number of thioether (sulfide) groups is 1. The van der Waals surface area contributed by atoms with Crippen LogP contribution in [0, 0.1) is 5.92 Å². The molecule has 1 aromatic heterocycles. The Bertz CT molecular complexity index is 1220. The summed E-state index contributed by atoms with van der Waals surface area (Å²) in [6.45, 7) is 4.46. The van der Waals surface area contributed by atoms with E-state index in [4.69, 9.17) is 9.72 Å². The second-order valence-corrected chi connectivity index (χ2v) is 10.9. The number of fused-ring (bicyclic) bond motifs is 4. The minimum atomic E-state index is -0.102. The highest BCUT2D eigenvalue weighted by Gasteiger charge is 2.44. The van der Waals surface area contributed by atoms with Crippen LogP contribution in [0.4, 0.5) is 0 Å². The molecule has 2 aromatic carbocycles. The van der Waals surface area contributed by atoms with E-state index in [9.17, 15) is 4.79 Å². The van der Waals surface area contributed by atoms with Crippen LogP contribution in [0.3, 0.4) is 0 Å². The molecule has 0 N–H and O–H groups in total. The van der Waals surface area contributed by atoms with Crippen molar-refractivity contribution in [3.05, 3.63) is 70.0 Å². The highest BCUT2D eigenvalue weighted by molar-refractivity contribution is 7.99. The standard InChI is InChI=1S/C28H32N2O2S/c1-19(2)13-16-33-27-29-25-23-12-5-4-9-20(23)18-28(14-6-7-15-28)24(25)26(31)30(27)21-10-8-11-22(17-21)32-3/h4-5,8-12,17,19H,6-7,13-16,18H2,1-3H3. The van der Waals surface area contributed by atoms with Crippen molar-refractivity contribution in [2.45, 2.75) is 62.9 Å². The quantitative estimate of drug-likeness (QED) is 0.315. The highest BCUT2D eigenvalue weighted by Crippen LogP contribution is 2.50. The fourth-order valence-corrected chi connectivity index (χ4v) is 6.72. The molecule has 0 atom stereocenters. The van der Waals surface area contributed by atoms with Crippen LogP contribution in [0.5, 0.6) is 5.75 Å². The van der Waals surface area contributed by atoms with Crippen molar-refractivity contribution >= 4 is 11.8 Å². The third-order valence-electron chi connectivity index (χ3n) is 7.18. The van der Waals surface area contributed by atoms with Crippen LogP contribution in [-0.2, 0) is 11.8 Å². The molecule has 3 aromatic rings. The average Bonchev–Trinajstić information content (AvgIpc) is 3.27. The number of ether oxygens (including phenoxy) is 1. The Hall–Kier alpha value is -2.53. The number of hydrogen-bond donors (Lipinski definition) is 0. The third-order valence-corrected chi connectivity index (χ3v) is 8.15. The normalized spacial score (nSPS) is 16.1. The van der Waals surface area contributed by atoms with Gasteiger partial charge in [0.05, 0.1) is 24.1 Å². The van der Waals surface area contributed by atoms with Crippen molar-refractivity contribution in [2.24, 2.45) is 5.92 Å². The minimum absolute atomic E-state index is 0.0942. The average molecular weight is 461 g/mol. The number of methoxy groups -OCH3 is 1. The number of nitrogens with zero attached hydrogens (tertiary/aromatic N) is 2. The molecule has 2 aliphatic rings. The van der Waals surface area contributed by atoms with Crippen LogP contribution in [0.1, 0.15) is 57.1 Å². The number of benzene rings is 2. The Morgan fingerprint density at radius 2 is 1.91 bits per heavy atom. The van der Waals surface area contributed by atoms with Crippen LogP contribution in [0.15, 0.2) is 58.5 Å². The Morgan fingerprint density at radius 3 is 2.67 bits per heavy atom. The molecule has 5 rings (SSSR count). The summed E-state index contributed by atoms with van der Waals surface area (Å²) >= 11 is 1.69. The lowest BCUT2D eigenvalue weighted by molar-refractivity contribution is 0.413. The molecule has 172 valence electrons. The monoisotopic (exact) mass is 460 g/mol. The van der Waals surface area contributed by atoms with Gasteiger partial charge in [-0.05, 0) is 49.3 Å². The van der Waals surface area contributed by atoms with Gasteiger partial charge in [0, 0.05) is 22.8 Å². The SMILES string of the molecule is COc1cccc(-n2c(SCCC(C)C)nc3c(c2=O)C2(CCCC2)Cc2ccccc2-3)c1. The summed E-state index contributed by atoms with van der Waals surface area (Å²) in [6.07, 6.45) is 6.48. The van der Waals surface area contributed by atoms with E-state index >= 15 is 0 Å². The van der Waals surface area contributed by atoms with Crippen LogP contribution < -0.4 is 10.3 Å². The van der Waals surface area contributed by atoms with Crippen molar-refractivity contribution in [3.63, 3.8) is 0 Å². The molecule has 1 spiro atoms. The second kappa shape index (κ2) is 9.02. The largest absolute Gasteiger partial charge is 0.497 e. The number of rotatable bonds is 6. The second-order valence-electron chi connectivity index (χ2n) is 9.81. The lowest BCUT2D eigenvalue weighted by Gasteiger charge is -2.36. The van der Waals surface area contributed by atoms with Gasteiger partial charge in [-0.1, -0.05) is 68.8 Å². The molecule has 1 heterocycles. The lowest BCUT2D eigenvalue weighted by atomic mass is 9.68. The molecule has 0 unspecified atom stereocenters. The maximum atomic E-state index is 14.4. The van der Waals surface area contributed by atoms with Crippen molar-refractivity contribution in [1.29, 1.82) is 0 Å². The molecular weight excluding hydrogens is 428 g/mol. The molecule has 1 fully saturated rings. The lowest BCUT2D eigenvalue weighted by Crippen LogP contribution is -2.40. The molecule has 1 saturated carbocycles. The molecule has 0 saturated heterocycles. The van der Waals surface area contributed by atoms with E-state index in [1.54, 1.807) is 18.9 Å². The number of hydrogen-bond acceptors (Lipinski definition) is 4. The Balaban J connectivity index is 1.76. The van der Waals surface area contributed by atoms with Crippen LogP contribution in [0.2, 0.25) is 0 Å². The molecule has 33 heavy (non-hydrogen) atoms. The topological polar surface area (TPSA) is 44.1 Å². The predicted octanol–water partition coefficient (Wildman–Crippen LogP) is 6.41. The van der Waals surface area contributed by atoms with Gasteiger partial charge in [-0.25, -0.2) is 4.98 Å². The predicted molar refractivity (Wildman–Crippen MR) is 136 cm³/mol. The first-order chi connectivity index (χ1) is 16.0. The summed E-state index contributed by atoms with van der Waals surface area (Å²) in [5.74, 6) is 2.28. The summed E-state index contributed by atoms with van der Waals surface area (Å²) in [5.41, 5.74) is 5.12. The maximum absolute atomic E-state index is 14.4. The first-order valence-corrected chi connectivity index (χ1v) is 13.0. The van der Waals surface area contributed by atoms with Gasteiger partial charge in [-0.15, -0.1) is 0 Å². The zero-order valence-corrected chi connectivity index (χ0v) is 20.6. The molecule has 0 aliphatic heterocycles. The van der Waals surface area contributed by atoms with Gasteiger partial charge in [0.15, 0.2) is 5.16 Å². The Morgan fingerprint density at radius 1 is 1.12 bits per heavy atom. The van der Waals surface area contributed by atoms with Crippen LogP contribution in [0.25, 0.3) is 16.9 Å². The van der Waals surface area contributed by atoms with Crippen molar-refractivity contribution in [3.8, 4) is 22.7 Å². The zero-order chi connectivity index (χ0) is 23.0. The molecule has 4 nitrogen and oxygen atoms in total. The Labute approximate surface area is 200 Å². The van der Waals surface area contributed by atoms with E-state index < -0.39 is 0 Å². The van der Waals surface area contributed by atoms with E-state index in [2.05, 4.69) is 38.1 Å². The minimum Gasteiger partial charge on any atom is -0.497 e. The van der Waals surface area contributed by atoms with Gasteiger partial charge in [0.2, 0.25) is 0 Å². The molecule has 0 radical (unpaired) electrons. The fraction of sp³-hybridized carbons (Fsp3) is 0.429.